The Morgan fingerprint density at radius 1 is 0.815 bits per heavy atom. The fourth-order valence-corrected chi connectivity index (χ4v) is 3.72. The predicted octanol–water partition coefficient (Wildman–Crippen LogP) is 4.83. The topological polar surface area (TPSA) is 58.2 Å². The molecule has 2 N–H and O–H groups in total. The molecule has 0 atom stereocenters. The molecule has 27 heavy (non-hydrogen) atoms. The predicted molar refractivity (Wildman–Crippen MR) is 105 cm³/mol. The standard InChI is InChI=1S/C22H25FN2O2/c1-14-10-15(2)12-20(11-14)25-22(27)17-8-6-16(7-9-17)21(26)24-19-5-3-4-18(23)13-19/h3-5,10-13,16-17H,6-9H2,1-2H3,(H,24,26)(H,25,27). The van der Waals surface area contributed by atoms with E-state index in [1.54, 1.807) is 12.1 Å². The van der Waals surface area contributed by atoms with Crippen molar-refractivity contribution in [3.63, 3.8) is 0 Å². The number of hydrogen-bond donors (Lipinski definition) is 2. The summed E-state index contributed by atoms with van der Waals surface area (Å²) in [6.07, 6.45) is 2.67. The molecule has 0 saturated heterocycles. The molecule has 0 aliphatic heterocycles. The van der Waals surface area contributed by atoms with Crippen LogP contribution in [-0.4, -0.2) is 11.8 Å². The van der Waals surface area contributed by atoms with E-state index < -0.39 is 0 Å². The van der Waals surface area contributed by atoms with Crippen LogP contribution in [0, 0.1) is 31.5 Å². The highest BCUT2D eigenvalue weighted by molar-refractivity contribution is 5.94. The van der Waals surface area contributed by atoms with Crippen molar-refractivity contribution >= 4 is 23.2 Å². The van der Waals surface area contributed by atoms with E-state index in [9.17, 15) is 14.0 Å². The second kappa shape index (κ2) is 8.33. The lowest BCUT2D eigenvalue weighted by molar-refractivity contribution is -0.125. The van der Waals surface area contributed by atoms with Crippen molar-refractivity contribution in [1.82, 2.24) is 0 Å². The lowest BCUT2D eigenvalue weighted by Gasteiger charge is -2.27. The zero-order chi connectivity index (χ0) is 19.4. The van der Waals surface area contributed by atoms with Crippen LogP contribution in [0.5, 0.6) is 0 Å². The molecule has 0 unspecified atom stereocenters. The molecule has 0 radical (unpaired) electrons. The maximum absolute atomic E-state index is 13.2. The fraction of sp³-hybridized carbons (Fsp3) is 0.364. The Morgan fingerprint density at radius 2 is 1.33 bits per heavy atom. The molecule has 5 heteroatoms. The van der Waals surface area contributed by atoms with Gasteiger partial charge in [0.15, 0.2) is 0 Å². The highest BCUT2D eigenvalue weighted by Crippen LogP contribution is 2.31. The van der Waals surface area contributed by atoms with Crippen molar-refractivity contribution < 1.29 is 14.0 Å². The Kier molecular flexibility index (Phi) is 5.89. The van der Waals surface area contributed by atoms with Crippen LogP contribution in [0.4, 0.5) is 15.8 Å². The van der Waals surface area contributed by atoms with Gasteiger partial charge in [0.05, 0.1) is 0 Å². The van der Waals surface area contributed by atoms with Crippen molar-refractivity contribution in [2.45, 2.75) is 39.5 Å². The Morgan fingerprint density at radius 3 is 1.85 bits per heavy atom. The van der Waals surface area contributed by atoms with Gasteiger partial charge in [0.2, 0.25) is 11.8 Å². The summed E-state index contributed by atoms with van der Waals surface area (Å²) in [5.74, 6) is -0.681. The molecule has 1 fully saturated rings. The van der Waals surface area contributed by atoms with E-state index in [4.69, 9.17) is 0 Å². The van der Waals surface area contributed by atoms with Gasteiger partial charge in [-0.05, 0) is 81.0 Å². The third kappa shape index (κ3) is 5.16. The molecule has 2 aromatic rings. The molecule has 2 amide bonds. The van der Waals surface area contributed by atoms with Crippen LogP contribution < -0.4 is 10.6 Å². The Labute approximate surface area is 159 Å². The lowest BCUT2D eigenvalue weighted by atomic mass is 9.81. The number of hydrogen-bond acceptors (Lipinski definition) is 2. The molecule has 2 aromatic carbocycles. The zero-order valence-corrected chi connectivity index (χ0v) is 15.7. The summed E-state index contributed by atoms with van der Waals surface area (Å²) in [5, 5.41) is 5.77. The van der Waals surface area contributed by atoms with Crippen LogP contribution in [0.1, 0.15) is 36.8 Å². The second-order valence-corrected chi connectivity index (χ2v) is 7.41. The number of rotatable bonds is 4. The number of amides is 2. The molecule has 142 valence electrons. The second-order valence-electron chi connectivity index (χ2n) is 7.41. The van der Waals surface area contributed by atoms with Gasteiger partial charge in [0, 0.05) is 23.2 Å². The average molecular weight is 368 g/mol. The first-order valence-electron chi connectivity index (χ1n) is 9.36. The quantitative estimate of drug-likeness (QED) is 0.812. The van der Waals surface area contributed by atoms with Gasteiger partial charge >= 0.3 is 0 Å². The molecule has 1 saturated carbocycles. The average Bonchev–Trinajstić information content (AvgIpc) is 2.61. The maximum Gasteiger partial charge on any atom is 0.227 e. The number of aryl methyl sites for hydroxylation is 2. The third-order valence-electron chi connectivity index (χ3n) is 5.05. The van der Waals surface area contributed by atoms with E-state index in [1.807, 2.05) is 26.0 Å². The summed E-state index contributed by atoms with van der Waals surface area (Å²) in [6.45, 7) is 4.01. The molecular formula is C22H25FN2O2. The van der Waals surface area contributed by atoms with Crippen molar-refractivity contribution in [3.05, 3.63) is 59.4 Å². The smallest absolute Gasteiger partial charge is 0.227 e. The zero-order valence-electron chi connectivity index (χ0n) is 15.7. The Bertz CT molecular complexity index is 822. The molecule has 1 aliphatic rings. The van der Waals surface area contributed by atoms with Gasteiger partial charge in [0.25, 0.3) is 0 Å². The van der Waals surface area contributed by atoms with Gasteiger partial charge in [-0.25, -0.2) is 4.39 Å². The molecule has 0 aromatic heterocycles. The summed E-state index contributed by atoms with van der Waals surface area (Å²) >= 11 is 0. The number of carbonyl (C=O) groups excluding carboxylic acids is 2. The van der Waals surface area contributed by atoms with Crippen LogP contribution in [0.25, 0.3) is 0 Å². The minimum Gasteiger partial charge on any atom is -0.326 e. The van der Waals surface area contributed by atoms with Gasteiger partial charge in [-0.3, -0.25) is 9.59 Å². The van der Waals surface area contributed by atoms with Gasteiger partial charge in [0.1, 0.15) is 5.82 Å². The number of anilines is 2. The summed E-state index contributed by atoms with van der Waals surface area (Å²) in [6, 6.07) is 11.9. The first-order chi connectivity index (χ1) is 12.9. The number of carbonyl (C=O) groups is 2. The highest BCUT2D eigenvalue weighted by atomic mass is 19.1. The lowest BCUT2D eigenvalue weighted by Crippen LogP contribution is -2.32. The van der Waals surface area contributed by atoms with Crippen molar-refractivity contribution in [3.8, 4) is 0 Å². The minimum atomic E-state index is -0.375. The first kappa shape index (κ1) is 19.1. The normalized spacial score (nSPS) is 19.4. The van der Waals surface area contributed by atoms with Crippen LogP contribution in [0.2, 0.25) is 0 Å². The molecule has 0 spiro atoms. The van der Waals surface area contributed by atoms with Gasteiger partial charge in [-0.15, -0.1) is 0 Å². The Balaban J connectivity index is 1.52. The SMILES string of the molecule is Cc1cc(C)cc(NC(=O)C2CCC(C(=O)Nc3cccc(F)c3)CC2)c1. The van der Waals surface area contributed by atoms with Crippen LogP contribution >= 0.6 is 0 Å². The number of nitrogens with one attached hydrogen (secondary N) is 2. The summed E-state index contributed by atoms with van der Waals surface area (Å²) in [7, 11) is 0. The molecule has 3 rings (SSSR count). The molecule has 0 bridgehead atoms. The van der Waals surface area contributed by atoms with E-state index in [0.717, 1.165) is 16.8 Å². The van der Waals surface area contributed by atoms with Crippen LogP contribution in [-0.2, 0) is 9.59 Å². The first-order valence-corrected chi connectivity index (χ1v) is 9.36. The fourth-order valence-electron chi connectivity index (χ4n) is 3.72. The van der Waals surface area contributed by atoms with E-state index in [1.165, 1.54) is 12.1 Å². The van der Waals surface area contributed by atoms with Crippen LogP contribution in [0.15, 0.2) is 42.5 Å². The van der Waals surface area contributed by atoms with E-state index in [0.29, 0.717) is 31.4 Å². The van der Waals surface area contributed by atoms with Crippen LogP contribution in [0.3, 0.4) is 0 Å². The maximum atomic E-state index is 13.2. The van der Waals surface area contributed by atoms with E-state index in [-0.39, 0.29) is 29.5 Å². The van der Waals surface area contributed by atoms with E-state index in [2.05, 4.69) is 16.7 Å². The Hall–Kier alpha value is -2.69. The molecule has 0 heterocycles. The molecule has 1 aliphatic carbocycles. The van der Waals surface area contributed by atoms with Crippen molar-refractivity contribution in [2.75, 3.05) is 10.6 Å². The summed E-state index contributed by atoms with van der Waals surface area (Å²) in [5.41, 5.74) is 3.52. The number of halogens is 1. The van der Waals surface area contributed by atoms with Gasteiger partial charge < -0.3 is 10.6 Å². The van der Waals surface area contributed by atoms with E-state index >= 15 is 0 Å². The van der Waals surface area contributed by atoms with Crippen molar-refractivity contribution in [1.29, 1.82) is 0 Å². The summed E-state index contributed by atoms with van der Waals surface area (Å²) < 4.78 is 13.2. The highest BCUT2D eigenvalue weighted by Gasteiger charge is 2.30. The minimum absolute atomic E-state index is 0.0176. The van der Waals surface area contributed by atoms with Gasteiger partial charge in [-0.1, -0.05) is 12.1 Å². The molecular weight excluding hydrogens is 343 g/mol. The third-order valence-corrected chi connectivity index (χ3v) is 5.05. The monoisotopic (exact) mass is 368 g/mol. The van der Waals surface area contributed by atoms with Gasteiger partial charge in [-0.2, -0.15) is 0 Å². The van der Waals surface area contributed by atoms with Crippen molar-refractivity contribution in [2.24, 2.45) is 11.8 Å². The summed E-state index contributed by atoms with van der Waals surface area (Å²) in [4.78, 5) is 24.9. The number of benzene rings is 2. The largest absolute Gasteiger partial charge is 0.326 e. The molecule has 4 nitrogen and oxygen atoms in total.